The lowest BCUT2D eigenvalue weighted by Gasteiger charge is -2.45. The zero-order valence-corrected chi connectivity index (χ0v) is 32.6. The normalized spacial score (nSPS) is 13.1. The van der Waals surface area contributed by atoms with Crippen LogP contribution in [0, 0.1) is 32.1 Å². The molecule has 0 radical (unpaired) electrons. The molecule has 0 aliphatic heterocycles. The molecule has 2 rings (SSSR count). The number of benzene rings is 2. The molecule has 0 amide bonds. The minimum absolute atomic E-state index is 0.0403. The third-order valence-corrected chi connectivity index (χ3v) is 9.90. The fraction of sp³-hybridized carbons (Fsp3) is 0.611. The molecule has 0 heterocycles. The molecule has 49 heavy (non-hydrogen) atoms. The lowest BCUT2D eigenvalue weighted by molar-refractivity contribution is -0.385. The monoisotopic (exact) mass is 812 g/mol. The van der Waals surface area contributed by atoms with Crippen molar-refractivity contribution in [1.29, 1.82) is 0 Å². The van der Waals surface area contributed by atoms with Gasteiger partial charge in [0.15, 0.2) is 0 Å². The first-order valence-electron chi connectivity index (χ1n) is 16.8. The van der Waals surface area contributed by atoms with E-state index in [1.54, 1.807) is 24.3 Å². The van der Waals surface area contributed by atoms with Crippen molar-refractivity contribution in [3.05, 3.63) is 76.7 Å². The van der Waals surface area contributed by atoms with Crippen LogP contribution in [0.3, 0.4) is 0 Å². The molecule has 2 aromatic rings. The topological polar surface area (TPSA) is 148 Å². The largest absolute Gasteiger partial charge is 0.466 e. The van der Waals surface area contributed by atoms with E-state index >= 15 is 0 Å². The second-order valence-electron chi connectivity index (χ2n) is 13.6. The maximum atomic E-state index is 12.0. The molecular weight excluding hydrogens is 764 g/mol. The molecule has 0 bridgehead atoms. The Bertz CT molecular complexity index is 1330. The van der Waals surface area contributed by atoms with E-state index in [2.05, 4.69) is 31.9 Å². The van der Waals surface area contributed by atoms with Crippen molar-refractivity contribution in [3.63, 3.8) is 0 Å². The van der Waals surface area contributed by atoms with Crippen LogP contribution in [0.15, 0.2) is 45.3 Å². The van der Waals surface area contributed by atoms with Gasteiger partial charge in [-0.05, 0) is 90.2 Å². The lowest BCUT2D eigenvalue weighted by Crippen LogP contribution is -2.47. The zero-order valence-electron chi connectivity index (χ0n) is 29.4. The minimum Gasteiger partial charge on any atom is -0.466 e. The van der Waals surface area contributed by atoms with Crippen molar-refractivity contribution in [2.75, 3.05) is 13.2 Å². The summed E-state index contributed by atoms with van der Waals surface area (Å²) in [6, 6.07) is 10.2. The standard InChI is InChI=1S/C36H50Br2N2O9/c1-25(41)47-19-11-7-9-13-29(21-27-15-17-31(37)23-33(27)39(43)44)35(3,4)49-36(5,6)30(14-10-8-12-20-48-26(2)42)22-28-16-18-32(38)24-34(28)40(45)46/h15-18,23-24,29-30H,7-14,19-22H2,1-6H3. The van der Waals surface area contributed by atoms with Crippen LogP contribution in [0.4, 0.5) is 11.4 Å². The summed E-state index contributed by atoms with van der Waals surface area (Å²) in [4.78, 5) is 45.7. The van der Waals surface area contributed by atoms with Gasteiger partial charge >= 0.3 is 11.9 Å². The van der Waals surface area contributed by atoms with Crippen molar-refractivity contribution in [1.82, 2.24) is 0 Å². The van der Waals surface area contributed by atoms with Crippen LogP contribution in [-0.2, 0) is 36.6 Å². The van der Waals surface area contributed by atoms with Crippen molar-refractivity contribution >= 4 is 55.2 Å². The Morgan fingerprint density at radius 3 is 1.37 bits per heavy atom. The predicted octanol–water partition coefficient (Wildman–Crippen LogP) is 9.87. The lowest BCUT2D eigenvalue weighted by atomic mass is 9.77. The number of carbonyl (C=O) groups excluding carboxylic acids is 2. The minimum atomic E-state index is -0.750. The molecule has 0 saturated carbocycles. The fourth-order valence-electron chi connectivity index (χ4n) is 6.30. The van der Waals surface area contributed by atoms with Crippen molar-refractivity contribution in [2.45, 2.75) is 117 Å². The van der Waals surface area contributed by atoms with E-state index in [-0.39, 0.29) is 45.0 Å². The van der Waals surface area contributed by atoms with Gasteiger partial charge in [-0.2, -0.15) is 0 Å². The number of rotatable bonds is 22. The van der Waals surface area contributed by atoms with Crippen LogP contribution in [0.5, 0.6) is 0 Å². The Morgan fingerprint density at radius 1 is 0.673 bits per heavy atom. The molecule has 0 spiro atoms. The van der Waals surface area contributed by atoms with Gasteiger partial charge in [-0.1, -0.05) is 69.7 Å². The van der Waals surface area contributed by atoms with Crippen molar-refractivity contribution in [3.8, 4) is 0 Å². The Labute approximate surface area is 306 Å². The summed E-state index contributed by atoms with van der Waals surface area (Å²) in [5, 5.41) is 24.0. The highest BCUT2D eigenvalue weighted by Crippen LogP contribution is 2.41. The second kappa shape index (κ2) is 20.1. The molecule has 13 heteroatoms. The van der Waals surface area contributed by atoms with Crippen LogP contribution < -0.4 is 0 Å². The summed E-state index contributed by atoms with van der Waals surface area (Å²) >= 11 is 6.71. The molecular formula is C36H50Br2N2O9. The number of nitro groups is 2. The fourth-order valence-corrected chi connectivity index (χ4v) is 6.99. The van der Waals surface area contributed by atoms with Gasteiger partial charge in [-0.25, -0.2) is 0 Å². The van der Waals surface area contributed by atoms with Gasteiger partial charge in [0.05, 0.1) is 34.3 Å². The SMILES string of the molecule is CC(=O)OCCCCCC(Cc1ccc(Br)cc1[N+](=O)[O-])C(C)(C)OC(C)(C)C(CCCCCOC(C)=O)Cc1ccc(Br)cc1[N+](=O)[O-]. The number of ether oxygens (including phenoxy) is 3. The van der Waals surface area contributed by atoms with E-state index in [0.29, 0.717) is 59.0 Å². The van der Waals surface area contributed by atoms with Gasteiger partial charge < -0.3 is 14.2 Å². The molecule has 2 aromatic carbocycles. The van der Waals surface area contributed by atoms with E-state index in [9.17, 15) is 29.8 Å². The smallest absolute Gasteiger partial charge is 0.302 e. The highest BCUT2D eigenvalue weighted by atomic mass is 79.9. The summed E-state index contributed by atoms with van der Waals surface area (Å²) in [5.41, 5.74) is -0.194. The van der Waals surface area contributed by atoms with Crippen molar-refractivity contribution < 1.29 is 33.6 Å². The Kier molecular flexibility index (Phi) is 17.3. The Hall–Kier alpha value is -2.90. The van der Waals surface area contributed by atoms with Gasteiger partial charge in [-0.15, -0.1) is 0 Å². The first-order valence-corrected chi connectivity index (χ1v) is 18.3. The van der Waals surface area contributed by atoms with E-state index in [0.717, 1.165) is 38.5 Å². The number of hydrogen-bond acceptors (Lipinski definition) is 9. The summed E-state index contributed by atoms with van der Waals surface area (Å²) in [6.07, 6.45) is 6.92. The van der Waals surface area contributed by atoms with Gasteiger partial charge in [0.1, 0.15) is 0 Å². The maximum absolute atomic E-state index is 12.0. The molecule has 2 unspecified atom stereocenters. The van der Waals surface area contributed by atoms with Gasteiger partial charge in [0.2, 0.25) is 0 Å². The molecule has 0 fully saturated rings. The number of unbranched alkanes of at least 4 members (excludes halogenated alkanes) is 4. The van der Waals surface area contributed by atoms with Gasteiger partial charge in [0, 0.05) is 46.1 Å². The summed E-state index contributed by atoms with van der Waals surface area (Å²) < 4.78 is 18.5. The average molecular weight is 815 g/mol. The Balaban J connectivity index is 2.39. The summed E-state index contributed by atoms with van der Waals surface area (Å²) in [7, 11) is 0. The molecule has 11 nitrogen and oxygen atoms in total. The number of esters is 2. The highest BCUT2D eigenvalue weighted by molar-refractivity contribution is 9.10. The van der Waals surface area contributed by atoms with E-state index in [1.165, 1.54) is 26.0 Å². The summed E-state index contributed by atoms with van der Waals surface area (Å²) in [5.74, 6) is -0.868. The molecule has 0 aliphatic rings. The van der Waals surface area contributed by atoms with Gasteiger partial charge in [-0.3, -0.25) is 29.8 Å². The van der Waals surface area contributed by atoms with Crippen LogP contribution in [0.1, 0.15) is 104 Å². The summed E-state index contributed by atoms with van der Waals surface area (Å²) in [6.45, 7) is 11.5. The number of nitro benzene ring substituents is 2. The third kappa shape index (κ3) is 14.9. The van der Waals surface area contributed by atoms with Crippen LogP contribution in [0.2, 0.25) is 0 Å². The molecule has 272 valence electrons. The maximum Gasteiger partial charge on any atom is 0.302 e. The van der Waals surface area contributed by atoms with E-state index in [4.69, 9.17) is 14.2 Å². The molecule has 2 atom stereocenters. The van der Waals surface area contributed by atoms with Crippen LogP contribution in [-0.4, -0.2) is 46.2 Å². The van der Waals surface area contributed by atoms with Crippen molar-refractivity contribution in [2.24, 2.45) is 11.8 Å². The second-order valence-corrected chi connectivity index (χ2v) is 15.4. The average Bonchev–Trinajstić information content (AvgIpc) is 2.99. The Morgan fingerprint density at radius 2 is 1.04 bits per heavy atom. The first kappa shape index (κ1) is 42.3. The molecule has 0 aromatic heterocycles. The van der Waals surface area contributed by atoms with Crippen LogP contribution in [0.25, 0.3) is 0 Å². The number of halogens is 2. The van der Waals surface area contributed by atoms with Crippen LogP contribution >= 0.6 is 31.9 Å². The first-order chi connectivity index (χ1) is 22.9. The zero-order chi connectivity index (χ0) is 36.8. The quantitative estimate of drug-likeness (QED) is 0.0490. The third-order valence-electron chi connectivity index (χ3n) is 8.92. The number of nitrogens with zero attached hydrogens (tertiary/aromatic N) is 2. The molecule has 0 saturated heterocycles. The number of hydrogen-bond donors (Lipinski definition) is 0. The van der Waals surface area contributed by atoms with E-state index < -0.39 is 11.2 Å². The van der Waals surface area contributed by atoms with Gasteiger partial charge in [0.25, 0.3) is 11.4 Å². The molecule has 0 N–H and O–H groups in total. The highest BCUT2D eigenvalue weighted by Gasteiger charge is 2.41. The predicted molar refractivity (Wildman–Crippen MR) is 195 cm³/mol. The number of carbonyl (C=O) groups is 2. The molecule has 0 aliphatic carbocycles. The van der Waals surface area contributed by atoms with E-state index in [1.807, 2.05) is 27.7 Å².